The summed E-state index contributed by atoms with van der Waals surface area (Å²) < 4.78 is 0. The van der Waals surface area contributed by atoms with Crippen molar-refractivity contribution in [3.05, 3.63) is 33.8 Å². The topological polar surface area (TPSA) is 35.8 Å². The molecule has 4 heteroatoms. The lowest BCUT2D eigenvalue weighted by molar-refractivity contribution is 0.356. The molecule has 1 heterocycles. The molecule has 1 aromatic rings. The molecule has 1 N–H and O–H groups in total. The van der Waals surface area contributed by atoms with Crippen molar-refractivity contribution in [2.45, 2.75) is 18.9 Å². The van der Waals surface area contributed by atoms with Crippen molar-refractivity contribution in [3.63, 3.8) is 0 Å². The average Bonchev–Trinajstić information content (AvgIpc) is 2.28. The molecule has 2 nitrogen and oxygen atoms in total. The fourth-order valence-electron chi connectivity index (χ4n) is 2.07. The Morgan fingerprint density at radius 1 is 1.25 bits per heavy atom. The second-order valence-electron chi connectivity index (χ2n) is 4.06. The number of halogens is 2. The van der Waals surface area contributed by atoms with Gasteiger partial charge in [0.2, 0.25) is 0 Å². The third-order valence-electron chi connectivity index (χ3n) is 2.87. The number of nitrogens with one attached hydrogen (secondary N) is 1. The predicted octanol–water partition coefficient (Wildman–Crippen LogP) is 3.56. The summed E-state index contributed by atoms with van der Waals surface area (Å²) in [6.45, 7) is 0.868. The number of piperidine rings is 1. The van der Waals surface area contributed by atoms with Gasteiger partial charge in [0.1, 0.15) is 0 Å². The number of hydrogen-bond donors (Lipinski definition) is 1. The Bertz CT molecular complexity index is 405. The second-order valence-corrected chi connectivity index (χ2v) is 4.93. The third kappa shape index (κ3) is 2.68. The fraction of sp³-hybridized carbons (Fsp3) is 0.417. The van der Waals surface area contributed by atoms with E-state index in [1.807, 2.05) is 12.1 Å². The van der Waals surface area contributed by atoms with E-state index in [0.29, 0.717) is 10.0 Å². The van der Waals surface area contributed by atoms with E-state index in [-0.39, 0.29) is 12.0 Å². The van der Waals surface area contributed by atoms with E-state index in [4.69, 9.17) is 28.5 Å². The molecule has 1 aliphatic rings. The van der Waals surface area contributed by atoms with Crippen LogP contribution in [0.15, 0.2) is 18.2 Å². The molecule has 0 aliphatic carbocycles. The molecule has 84 valence electrons. The molecular formula is C12H12Cl2N2. The highest BCUT2D eigenvalue weighted by atomic mass is 35.5. The summed E-state index contributed by atoms with van der Waals surface area (Å²) in [5.41, 5.74) is 1.07. The van der Waals surface area contributed by atoms with Gasteiger partial charge in [-0.25, -0.2) is 0 Å². The van der Waals surface area contributed by atoms with Crippen LogP contribution in [0, 0.1) is 17.2 Å². The van der Waals surface area contributed by atoms with Crippen molar-refractivity contribution >= 4 is 23.2 Å². The van der Waals surface area contributed by atoms with Crippen LogP contribution in [0.1, 0.15) is 24.4 Å². The summed E-state index contributed by atoms with van der Waals surface area (Å²) in [7, 11) is 0. The van der Waals surface area contributed by atoms with E-state index < -0.39 is 0 Å². The fourth-order valence-corrected chi connectivity index (χ4v) is 2.61. The van der Waals surface area contributed by atoms with Gasteiger partial charge in [0.05, 0.1) is 6.07 Å². The largest absolute Gasteiger partial charge is 0.310 e. The van der Waals surface area contributed by atoms with Crippen molar-refractivity contribution in [1.82, 2.24) is 5.32 Å². The summed E-state index contributed by atoms with van der Waals surface area (Å²) in [5, 5.41) is 13.6. The average molecular weight is 255 g/mol. The van der Waals surface area contributed by atoms with E-state index in [2.05, 4.69) is 11.4 Å². The maximum atomic E-state index is 8.93. The van der Waals surface area contributed by atoms with Gasteiger partial charge >= 0.3 is 0 Å². The second kappa shape index (κ2) is 5.05. The zero-order chi connectivity index (χ0) is 11.5. The summed E-state index contributed by atoms with van der Waals surface area (Å²) >= 11 is 11.9. The number of benzene rings is 1. The summed E-state index contributed by atoms with van der Waals surface area (Å²) in [6.07, 6.45) is 1.74. The summed E-state index contributed by atoms with van der Waals surface area (Å²) in [6, 6.07) is 8.05. The van der Waals surface area contributed by atoms with Crippen LogP contribution in [0.25, 0.3) is 0 Å². The van der Waals surface area contributed by atoms with Crippen LogP contribution < -0.4 is 5.32 Å². The molecule has 1 aliphatic heterocycles. The molecule has 1 fully saturated rings. The summed E-state index contributed by atoms with van der Waals surface area (Å²) in [5.74, 6) is 0.129. The van der Waals surface area contributed by atoms with Crippen LogP contribution in [0.5, 0.6) is 0 Å². The van der Waals surface area contributed by atoms with Crippen LogP contribution >= 0.6 is 23.2 Å². The van der Waals surface area contributed by atoms with Crippen LogP contribution in [0.3, 0.4) is 0 Å². The first kappa shape index (κ1) is 11.7. The molecule has 1 saturated heterocycles. The molecular weight excluding hydrogens is 243 g/mol. The predicted molar refractivity (Wildman–Crippen MR) is 65.5 cm³/mol. The van der Waals surface area contributed by atoms with Gasteiger partial charge in [-0.2, -0.15) is 5.26 Å². The number of nitriles is 1. The van der Waals surface area contributed by atoms with Gasteiger partial charge in [0.25, 0.3) is 0 Å². The van der Waals surface area contributed by atoms with E-state index in [9.17, 15) is 0 Å². The summed E-state index contributed by atoms with van der Waals surface area (Å²) in [4.78, 5) is 0. The zero-order valence-electron chi connectivity index (χ0n) is 8.71. The Kier molecular flexibility index (Phi) is 3.70. The van der Waals surface area contributed by atoms with Crippen molar-refractivity contribution in [1.29, 1.82) is 5.26 Å². The Labute approximate surface area is 105 Å². The minimum absolute atomic E-state index is 0.129. The van der Waals surface area contributed by atoms with Crippen LogP contribution in [-0.4, -0.2) is 6.54 Å². The van der Waals surface area contributed by atoms with Gasteiger partial charge in [-0.1, -0.05) is 23.2 Å². The Morgan fingerprint density at radius 3 is 2.56 bits per heavy atom. The van der Waals surface area contributed by atoms with E-state index in [1.54, 1.807) is 6.07 Å². The highest BCUT2D eigenvalue weighted by molar-refractivity contribution is 6.34. The molecule has 0 spiro atoms. The Morgan fingerprint density at radius 2 is 1.94 bits per heavy atom. The zero-order valence-corrected chi connectivity index (χ0v) is 10.2. The first-order valence-electron chi connectivity index (χ1n) is 5.28. The molecule has 0 aromatic heterocycles. The van der Waals surface area contributed by atoms with Gasteiger partial charge < -0.3 is 5.32 Å². The normalized spacial score (nSPS) is 25.1. The van der Waals surface area contributed by atoms with Crippen LogP contribution in [0.2, 0.25) is 10.0 Å². The molecule has 0 bridgehead atoms. The monoisotopic (exact) mass is 254 g/mol. The van der Waals surface area contributed by atoms with Crippen molar-refractivity contribution in [3.8, 4) is 6.07 Å². The molecule has 0 saturated carbocycles. The van der Waals surface area contributed by atoms with E-state index in [0.717, 1.165) is 24.9 Å². The quantitative estimate of drug-likeness (QED) is 0.832. The smallest absolute Gasteiger partial charge is 0.0657 e. The molecule has 0 amide bonds. The standard InChI is InChI=1S/C12H12Cl2N2/c13-10-4-9(5-11(14)6-10)12-3-8(7-15)1-2-16-12/h4-6,8,12,16H,1-3H2. The maximum absolute atomic E-state index is 8.93. The Hall–Kier alpha value is -0.750. The van der Waals surface area contributed by atoms with Crippen molar-refractivity contribution < 1.29 is 0 Å². The van der Waals surface area contributed by atoms with Gasteiger partial charge in [-0.3, -0.25) is 0 Å². The molecule has 16 heavy (non-hydrogen) atoms. The highest BCUT2D eigenvalue weighted by Crippen LogP contribution is 2.30. The number of nitrogens with zero attached hydrogens (tertiary/aromatic N) is 1. The minimum Gasteiger partial charge on any atom is -0.310 e. The van der Waals surface area contributed by atoms with Gasteiger partial charge in [-0.05, 0) is 43.1 Å². The number of hydrogen-bond acceptors (Lipinski definition) is 2. The third-order valence-corrected chi connectivity index (χ3v) is 3.31. The maximum Gasteiger partial charge on any atom is 0.0657 e. The Balaban J connectivity index is 2.20. The first-order chi connectivity index (χ1) is 7.69. The van der Waals surface area contributed by atoms with Gasteiger partial charge in [-0.15, -0.1) is 0 Å². The molecule has 2 unspecified atom stereocenters. The van der Waals surface area contributed by atoms with E-state index >= 15 is 0 Å². The SMILES string of the molecule is N#CC1CCNC(c2cc(Cl)cc(Cl)c2)C1. The first-order valence-corrected chi connectivity index (χ1v) is 6.03. The van der Waals surface area contributed by atoms with Gasteiger partial charge in [0.15, 0.2) is 0 Å². The van der Waals surface area contributed by atoms with Gasteiger partial charge in [0, 0.05) is 22.0 Å². The van der Waals surface area contributed by atoms with Crippen molar-refractivity contribution in [2.24, 2.45) is 5.92 Å². The molecule has 2 atom stereocenters. The number of rotatable bonds is 1. The lowest BCUT2D eigenvalue weighted by Gasteiger charge is -2.27. The van der Waals surface area contributed by atoms with Crippen LogP contribution in [-0.2, 0) is 0 Å². The molecule has 2 rings (SSSR count). The highest BCUT2D eigenvalue weighted by Gasteiger charge is 2.22. The lowest BCUT2D eigenvalue weighted by atomic mass is 9.90. The van der Waals surface area contributed by atoms with E-state index in [1.165, 1.54) is 0 Å². The molecule has 0 radical (unpaired) electrons. The minimum atomic E-state index is 0.129. The molecule has 1 aromatic carbocycles. The van der Waals surface area contributed by atoms with Crippen molar-refractivity contribution in [2.75, 3.05) is 6.54 Å². The van der Waals surface area contributed by atoms with Crippen LogP contribution in [0.4, 0.5) is 0 Å². The lowest BCUT2D eigenvalue weighted by Crippen LogP contribution is -2.31.